The Balaban J connectivity index is 1.84. The summed E-state index contributed by atoms with van der Waals surface area (Å²) in [5.74, 6) is -0.314. The molecule has 1 atom stereocenters. The van der Waals surface area contributed by atoms with Gasteiger partial charge in [0.2, 0.25) is 6.04 Å². The number of piperazine rings is 1. The number of ether oxygens (including phenoxy) is 2. The molecule has 108 valence electrons. The van der Waals surface area contributed by atoms with Gasteiger partial charge >= 0.3 is 12.1 Å². The molecule has 0 bridgehead atoms. The third-order valence-electron chi connectivity index (χ3n) is 3.23. The van der Waals surface area contributed by atoms with Gasteiger partial charge in [-0.3, -0.25) is 4.90 Å². The number of nitrogens with zero attached hydrogens (tertiary/aromatic N) is 1. The molecule has 0 aromatic heterocycles. The van der Waals surface area contributed by atoms with Crippen LogP contribution in [0.2, 0.25) is 0 Å². The van der Waals surface area contributed by atoms with E-state index in [0.29, 0.717) is 19.6 Å². The van der Waals surface area contributed by atoms with Crippen molar-refractivity contribution in [2.24, 2.45) is 0 Å². The summed E-state index contributed by atoms with van der Waals surface area (Å²) in [4.78, 5) is 25.0. The fraction of sp³-hybridized carbons (Fsp3) is 0.429. The second-order valence-corrected chi connectivity index (χ2v) is 4.64. The topological polar surface area (TPSA) is 72.5 Å². The largest absolute Gasteiger partial charge is 0.465 e. The first-order valence-electron chi connectivity index (χ1n) is 6.57. The maximum atomic E-state index is 12.0. The highest BCUT2D eigenvalue weighted by Gasteiger charge is 2.32. The van der Waals surface area contributed by atoms with E-state index in [0.717, 1.165) is 5.56 Å². The van der Waals surface area contributed by atoms with Gasteiger partial charge in [-0.05, 0) is 5.56 Å². The lowest BCUT2D eigenvalue weighted by atomic mass is 10.2. The Kier molecular flexibility index (Phi) is 4.95. The van der Waals surface area contributed by atoms with Crippen molar-refractivity contribution >= 4 is 12.1 Å². The number of carbonyl (C=O) groups is 2. The highest BCUT2D eigenvalue weighted by atomic mass is 16.6. The highest BCUT2D eigenvalue weighted by Crippen LogP contribution is 2.04. The van der Waals surface area contributed by atoms with Crippen molar-refractivity contribution < 1.29 is 24.4 Å². The molecule has 2 N–H and O–H groups in total. The molecule has 1 aromatic rings. The second-order valence-electron chi connectivity index (χ2n) is 4.64. The van der Waals surface area contributed by atoms with Crippen molar-refractivity contribution in [1.29, 1.82) is 0 Å². The van der Waals surface area contributed by atoms with Gasteiger partial charge in [0.15, 0.2) is 0 Å². The summed E-state index contributed by atoms with van der Waals surface area (Å²) in [6.07, 6.45) is -0.393. The minimum Gasteiger partial charge on any atom is -0.465 e. The Morgan fingerprint density at radius 3 is 2.80 bits per heavy atom. The SMILES string of the molecule is COC(=O)[C@H]1CN(C(=O)OCc2ccccc2)CC[NH2+]1. The van der Waals surface area contributed by atoms with Gasteiger partial charge in [0.25, 0.3) is 0 Å². The Hall–Kier alpha value is -2.08. The fourth-order valence-electron chi connectivity index (χ4n) is 2.13. The number of nitrogens with two attached hydrogens (primary N) is 1. The number of quaternary nitrogens is 1. The predicted octanol–water partition coefficient (Wildman–Crippen LogP) is -0.256. The average Bonchev–Trinajstić information content (AvgIpc) is 2.53. The second kappa shape index (κ2) is 6.91. The third kappa shape index (κ3) is 3.71. The Morgan fingerprint density at radius 1 is 1.35 bits per heavy atom. The molecule has 1 amide bonds. The van der Waals surface area contributed by atoms with Crippen LogP contribution in [0, 0.1) is 0 Å². The van der Waals surface area contributed by atoms with E-state index in [1.807, 2.05) is 35.6 Å². The van der Waals surface area contributed by atoms with Crippen LogP contribution in [0.1, 0.15) is 5.56 Å². The van der Waals surface area contributed by atoms with Crippen LogP contribution in [0.5, 0.6) is 0 Å². The number of rotatable bonds is 3. The molecular weight excluding hydrogens is 260 g/mol. The van der Waals surface area contributed by atoms with E-state index in [2.05, 4.69) is 0 Å². The van der Waals surface area contributed by atoms with Gasteiger partial charge in [-0.2, -0.15) is 0 Å². The van der Waals surface area contributed by atoms with Crippen molar-refractivity contribution in [2.75, 3.05) is 26.7 Å². The standard InChI is InChI=1S/C14H18N2O4/c1-19-13(17)12-9-16(8-7-15-12)14(18)20-10-11-5-3-2-4-6-11/h2-6,12,15H,7-10H2,1H3/p+1/t12-/m1/s1. The lowest BCUT2D eigenvalue weighted by Crippen LogP contribution is -2.97. The average molecular weight is 279 g/mol. The summed E-state index contributed by atoms with van der Waals surface area (Å²) in [6, 6.07) is 9.13. The lowest BCUT2D eigenvalue weighted by Gasteiger charge is -2.28. The summed E-state index contributed by atoms with van der Waals surface area (Å²) in [6.45, 7) is 1.80. The van der Waals surface area contributed by atoms with Crippen LogP contribution in [-0.2, 0) is 20.9 Å². The molecule has 0 saturated carbocycles. The zero-order valence-corrected chi connectivity index (χ0v) is 11.5. The number of hydrogen-bond acceptors (Lipinski definition) is 4. The monoisotopic (exact) mass is 279 g/mol. The van der Waals surface area contributed by atoms with Crippen LogP contribution in [0.25, 0.3) is 0 Å². The third-order valence-corrected chi connectivity index (χ3v) is 3.23. The van der Waals surface area contributed by atoms with E-state index >= 15 is 0 Å². The Morgan fingerprint density at radius 2 is 2.10 bits per heavy atom. The van der Waals surface area contributed by atoms with Crippen molar-refractivity contribution in [2.45, 2.75) is 12.6 Å². The van der Waals surface area contributed by atoms with Crippen LogP contribution in [-0.4, -0.2) is 49.7 Å². The molecule has 6 nitrogen and oxygen atoms in total. The fourth-order valence-corrected chi connectivity index (χ4v) is 2.13. The Labute approximate surface area is 117 Å². The van der Waals surface area contributed by atoms with E-state index in [-0.39, 0.29) is 18.6 Å². The molecule has 1 heterocycles. The molecule has 1 fully saturated rings. The van der Waals surface area contributed by atoms with Crippen LogP contribution >= 0.6 is 0 Å². The van der Waals surface area contributed by atoms with Gasteiger partial charge in [0.05, 0.1) is 26.7 Å². The summed E-state index contributed by atoms with van der Waals surface area (Å²) < 4.78 is 9.95. The number of hydrogen-bond donors (Lipinski definition) is 1. The molecule has 0 spiro atoms. The maximum Gasteiger partial charge on any atom is 0.410 e. The van der Waals surface area contributed by atoms with Gasteiger partial charge in [-0.25, -0.2) is 9.59 Å². The lowest BCUT2D eigenvalue weighted by molar-refractivity contribution is -0.685. The number of amides is 1. The zero-order chi connectivity index (χ0) is 14.4. The van der Waals surface area contributed by atoms with E-state index in [9.17, 15) is 9.59 Å². The van der Waals surface area contributed by atoms with Crippen LogP contribution in [0.15, 0.2) is 30.3 Å². The molecule has 1 saturated heterocycles. The molecule has 20 heavy (non-hydrogen) atoms. The quantitative estimate of drug-likeness (QED) is 0.774. The molecule has 2 rings (SSSR count). The molecular formula is C14H19N2O4+. The number of carbonyl (C=O) groups excluding carboxylic acids is 2. The van der Waals surface area contributed by atoms with E-state index < -0.39 is 6.09 Å². The van der Waals surface area contributed by atoms with Gasteiger partial charge in [-0.15, -0.1) is 0 Å². The van der Waals surface area contributed by atoms with Crippen LogP contribution in [0.4, 0.5) is 4.79 Å². The Bertz CT molecular complexity index is 464. The van der Waals surface area contributed by atoms with E-state index in [1.165, 1.54) is 7.11 Å². The first kappa shape index (κ1) is 14.3. The molecule has 1 aromatic carbocycles. The smallest absolute Gasteiger partial charge is 0.410 e. The summed E-state index contributed by atoms with van der Waals surface area (Å²) in [5.41, 5.74) is 0.939. The van der Waals surface area contributed by atoms with Gasteiger partial charge in [0, 0.05) is 0 Å². The first-order chi connectivity index (χ1) is 9.70. The van der Waals surface area contributed by atoms with Crippen molar-refractivity contribution in [3.63, 3.8) is 0 Å². The summed E-state index contributed by atoms with van der Waals surface area (Å²) >= 11 is 0. The number of methoxy groups -OCH3 is 1. The summed E-state index contributed by atoms with van der Waals surface area (Å²) in [5, 5.41) is 1.88. The molecule has 1 aliphatic rings. The first-order valence-corrected chi connectivity index (χ1v) is 6.57. The predicted molar refractivity (Wildman–Crippen MR) is 70.8 cm³/mol. The van der Waals surface area contributed by atoms with E-state index in [4.69, 9.17) is 9.47 Å². The van der Waals surface area contributed by atoms with Crippen LogP contribution < -0.4 is 5.32 Å². The van der Waals surface area contributed by atoms with Crippen molar-refractivity contribution in [3.8, 4) is 0 Å². The van der Waals surface area contributed by atoms with E-state index in [1.54, 1.807) is 4.90 Å². The maximum absolute atomic E-state index is 12.0. The minimum absolute atomic E-state index is 0.239. The number of esters is 1. The molecule has 1 aliphatic heterocycles. The van der Waals surface area contributed by atoms with Crippen LogP contribution in [0.3, 0.4) is 0 Å². The number of benzene rings is 1. The van der Waals surface area contributed by atoms with Gasteiger partial charge in [0.1, 0.15) is 6.61 Å². The zero-order valence-electron chi connectivity index (χ0n) is 11.5. The van der Waals surface area contributed by atoms with Gasteiger partial charge in [-0.1, -0.05) is 30.3 Å². The summed E-state index contributed by atoms with van der Waals surface area (Å²) in [7, 11) is 1.35. The normalized spacial score (nSPS) is 18.4. The highest BCUT2D eigenvalue weighted by molar-refractivity contribution is 5.76. The molecule has 0 unspecified atom stereocenters. The molecule has 6 heteroatoms. The molecule has 0 radical (unpaired) electrons. The minimum atomic E-state index is -0.393. The van der Waals surface area contributed by atoms with Crippen molar-refractivity contribution in [1.82, 2.24) is 4.90 Å². The molecule has 0 aliphatic carbocycles. The van der Waals surface area contributed by atoms with Crippen molar-refractivity contribution in [3.05, 3.63) is 35.9 Å². The van der Waals surface area contributed by atoms with Gasteiger partial charge < -0.3 is 14.8 Å².